The maximum absolute atomic E-state index is 12.5. The molecular weight excluding hydrogens is 448 g/mol. The number of esters is 1. The summed E-state index contributed by atoms with van der Waals surface area (Å²) in [5, 5.41) is 2.71. The molecule has 0 atom stereocenters. The molecule has 1 amide bonds. The summed E-state index contributed by atoms with van der Waals surface area (Å²) in [5.74, 6) is 0.550. The Morgan fingerprint density at radius 3 is 2.50 bits per heavy atom. The van der Waals surface area contributed by atoms with Crippen LogP contribution in [-0.2, 0) is 9.53 Å². The zero-order valence-corrected chi connectivity index (χ0v) is 18.4. The summed E-state index contributed by atoms with van der Waals surface area (Å²) in [5.41, 5.74) is 2.48. The second-order valence-electron chi connectivity index (χ2n) is 6.83. The number of rotatable bonds is 6. The van der Waals surface area contributed by atoms with Gasteiger partial charge in [-0.05, 0) is 68.4 Å². The van der Waals surface area contributed by atoms with Crippen LogP contribution in [0.4, 0.5) is 11.4 Å². The number of carbonyl (C=O) groups excluding carboxylic acids is 2. The van der Waals surface area contributed by atoms with Crippen molar-refractivity contribution < 1.29 is 18.7 Å². The van der Waals surface area contributed by atoms with Gasteiger partial charge in [0, 0.05) is 22.6 Å². The lowest BCUT2D eigenvalue weighted by Gasteiger charge is -2.11. The molecule has 0 saturated carbocycles. The number of carbonyl (C=O) groups is 2. The summed E-state index contributed by atoms with van der Waals surface area (Å²) >= 11 is 3.39. The van der Waals surface area contributed by atoms with E-state index in [1.165, 1.54) is 6.92 Å². The molecule has 30 heavy (non-hydrogen) atoms. The molecule has 0 radical (unpaired) electrons. The number of furan rings is 1. The van der Waals surface area contributed by atoms with E-state index in [9.17, 15) is 9.59 Å². The molecule has 0 aliphatic carbocycles. The molecule has 6 nitrogen and oxygen atoms in total. The van der Waals surface area contributed by atoms with Crippen molar-refractivity contribution in [2.24, 2.45) is 4.99 Å². The molecule has 0 saturated heterocycles. The Labute approximate surface area is 183 Å². The first-order valence-corrected chi connectivity index (χ1v) is 10.1. The first kappa shape index (κ1) is 21.5. The molecule has 0 aliphatic heterocycles. The van der Waals surface area contributed by atoms with Gasteiger partial charge in [-0.15, -0.1) is 0 Å². The van der Waals surface area contributed by atoms with Gasteiger partial charge < -0.3 is 14.5 Å². The van der Waals surface area contributed by atoms with Crippen molar-refractivity contribution in [3.05, 3.63) is 70.4 Å². The molecule has 3 rings (SSSR count). The van der Waals surface area contributed by atoms with Crippen molar-refractivity contribution in [2.75, 3.05) is 5.32 Å². The first-order valence-electron chi connectivity index (χ1n) is 9.34. The third kappa shape index (κ3) is 5.67. The van der Waals surface area contributed by atoms with Crippen LogP contribution >= 0.6 is 15.9 Å². The number of amides is 1. The average Bonchev–Trinajstić information content (AvgIpc) is 3.15. The van der Waals surface area contributed by atoms with E-state index in [1.54, 1.807) is 62.5 Å². The number of hydrogen-bond donors (Lipinski definition) is 1. The minimum Gasteiger partial charge on any atom is -0.459 e. The van der Waals surface area contributed by atoms with Crippen LogP contribution in [0.25, 0.3) is 11.3 Å². The Kier molecular flexibility index (Phi) is 6.84. The number of halogens is 1. The number of ether oxygens (including phenoxy) is 1. The number of benzene rings is 2. The van der Waals surface area contributed by atoms with Gasteiger partial charge in [0.2, 0.25) is 5.91 Å². The SMILES string of the molecule is CC(=O)Nc1ccc(N=Cc2ccc(-c3ccc(Br)cc3C(=O)OC(C)C)o2)cc1. The molecular formula is C23H21BrN2O4. The minimum absolute atomic E-state index is 0.126. The number of hydrogen-bond acceptors (Lipinski definition) is 5. The Morgan fingerprint density at radius 2 is 1.83 bits per heavy atom. The maximum atomic E-state index is 12.5. The van der Waals surface area contributed by atoms with Gasteiger partial charge in [-0.25, -0.2) is 4.79 Å². The van der Waals surface area contributed by atoms with Crippen LogP contribution < -0.4 is 5.32 Å². The van der Waals surface area contributed by atoms with Gasteiger partial charge in [0.1, 0.15) is 11.5 Å². The average molecular weight is 469 g/mol. The van der Waals surface area contributed by atoms with Crippen LogP contribution in [0.2, 0.25) is 0 Å². The summed E-state index contributed by atoms with van der Waals surface area (Å²) in [7, 11) is 0. The van der Waals surface area contributed by atoms with E-state index in [4.69, 9.17) is 9.15 Å². The van der Waals surface area contributed by atoms with Gasteiger partial charge in [-0.3, -0.25) is 9.79 Å². The van der Waals surface area contributed by atoms with Crippen LogP contribution in [0.5, 0.6) is 0 Å². The Hall–Kier alpha value is -3.19. The summed E-state index contributed by atoms with van der Waals surface area (Å²) in [6, 6.07) is 16.1. The Balaban J connectivity index is 1.80. The zero-order valence-electron chi connectivity index (χ0n) is 16.8. The molecule has 1 aromatic heterocycles. The fraction of sp³-hybridized carbons (Fsp3) is 0.174. The third-order valence-electron chi connectivity index (χ3n) is 3.97. The summed E-state index contributed by atoms with van der Waals surface area (Å²) in [6.07, 6.45) is 1.38. The molecule has 0 spiro atoms. The second kappa shape index (κ2) is 9.54. The Morgan fingerprint density at radius 1 is 1.10 bits per heavy atom. The topological polar surface area (TPSA) is 80.9 Å². The lowest BCUT2D eigenvalue weighted by Crippen LogP contribution is -2.12. The van der Waals surface area contributed by atoms with Gasteiger partial charge in [0.05, 0.1) is 23.6 Å². The highest BCUT2D eigenvalue weighted by Gasteiger charge is 2.18. The molecule has 2 aromatic carbocycles. The van der Waals surface area contributed by atoms with Gasteiger partial charge >= 0.3 is 5.97 Å². The largest absolute Gasteiger partial charge is 0.459 e. The number of nitrogens with zero attached hydrogens (tertiary/aromatic N) is 1. The number of nitrogens with one attached hydrogen (secondary N) is 1. The highest BCUT2D eigenvalue weighted by atomic mass is 79.9. The van der Waals surface area contributed by atoms with E-state index in [-0.39, 0.29) is 12.0 Å². The summed E-state index contributed by atoms with van der Waals surface area (Å²) in [4.78, 5) is 27.9. The lowest BCUT2D eigenvalue weighted by molar-refractivity contribution is -0.114. The maximum Gasteiger partial charge on any atom is 0.339 e. The highest BCUT2D eigenvalue weighted by molar-refractivity contribution is 9.10. The molecule has 3 aromatic rings. The van der Waals surface area contributed by atoms with Crippen molar-refractivity contribution in [3.8, 4) is 11.3 Å². The van der Waals surface area contributed by atoms with E-state index in [1.807, 2.05) is 12.1 Å². The first-order chi connectivity index (χ1) is 14.3. The van der Waals surface area contributed by atoms with Crippen molar-refractivity contribution in [2.45, 2.75) is 26.9 Å². The predicted octanol–water partition coefficient (Wildman–Crippen LogP) is 5.98. The van der Waals surface area contributed by atoms with Crippen LogP contribution in [0.15, 0.2) is 68.5 Å². The second-order valence-corrected chi connectivity index (χ2v) is 7.75. The van der Waals surface area contributed by atoms with E-state index in [0.717, 1.165) is 4.47 Å². The van der Waals surface area contributed by atoms with Crippen LogP contribution in [0.1, 0.15) is 36.9 Å². The minimum atomic E-state index is -0.410. The predicted molar refractivity (Wildman–Crippen MR) is 120 cm³/mol. The van der Waals surface area contributed by atoms with E-state index in [2.05, 4.69) is 26.2 Å². The van der Waals surface area contributed by atoms with Crippen LogP contribution in [-0.4, -0.2) is 24.2 Å². The van der Waals surface area contributed by atoms with Gasteiger partial charge in [0.15, 0.2) is 0 Å². The van der Waals surface area contributed by atoms with Crippen molar-refractivity contribution in [1.82, 2.24) is 0 Å². The zero-order chi connectivity index (χ0) is 21.7. The number of aliphatic imine (C=N–C) groups is 1. The summed E-state index contributed by atoms with van der Waals surface area (Å²) < 4.78 is 12.0. The van der Waals surface area contributed by atoms with Crippen molar-refractivity contribution in [1.29, 1.82) is 0 Å². The fourth-order valence-corrected chi connectivity index (χ4v) is 3.08. The van der Waals surface area contributed by atoms with Crippen molar-refractivity contribution >= 4 is 45.4 Å². The number of anilines is 1. The molecule has 0 unspecified atom stereocenters. The quantitative estimate of drug-likeness (QED) is 0.356. The van der Waals surface area contributed by atoms with E-state index >= 15 is 0 Å². The lowest BCUT2D eigenvalue weighted by atomic mass is 10.1. The van der Waals surface area contributed by atoms with E-state index < -0.39 is 5.97 Å². The van der Waals surface area contributed by atoms with Crippen LogP contribution in [0, 0.1) is 0 Å². The molecule has 7 heteroatoms. The Bertz CT molecular complexity index is 1080. The molecule has 154 valence electrons. The van der Waals surface area contributed by atoms with Crippen molar-refractivity contribution in [3.63, 3.8) is 0 Å². The molecule has 1 heterocycles. The molecule has 1 N–H and O–H groups in total. The summed E-state index contributed by atoms with van der Waals surface area (Å²) in [6.45, 7) is 5.07. The smallest absolute Gasteiger partial charge is 0.339 e. The molecule has 0 aliphatic rings. The van der Waals surface area contributed by atoms with Crippen LogP contribution in [0.3, 0.4) is 0 Å². The van der Waals surface area contributed by atoms with Gasteiger partial charge in [-0.1, -0.05) is 15.9 Å². The monoisotopic (exact) mass is 468 g/mol. The fourth-order valence-electron chi connectivity index (χ4n) is 2.72. The molecule has 0 bridgehead atoms. The van der Waals surface area contributed by atoms with Gasteiger partial charge in [0.25, 0.3) is 0 Å². The van der Waals surface area contributed by atoms with E-state index in [0.29, 0.717) is 34.0 Å². The third-order valence-corrected chi connectivity index (χ3v) is 4.46. The molecule has 0 fully saturated rings. The normalized spacial score (nSPS) is 11.1. The standard InChI is InChI=1S/C23H21BrN2O4/c1-14(2)29-23(28)21-12-16(24)4-10-20(21)22-11-9-19(30-22)13-25-17-5-7-18(8-6-17)26-15(3)27/h4-14H,1-3H3,(H,26,27). The highest BCUT2D eigenvalue weighted by Crippen LogP contribution is 2.29. The van der Waals surface area contributed by atoms with Gasteiger partial charge in [-0.2, -0.15) is 0 Å².